The summed E-state index contributed by atoms with van der Waals surface area (Å²) < 4.78 is 5.38. The molecule has 0 heterocycles. The average Bonchev–Trinajstić information content (AvgIpc) is 2.39. The number of rotatable bonds is 3. The molecular formula is C15H15NOS. The first-order valence-corrected chi connectivity index (χ1v) is 6.07. The number of hydrogen-bond acceptors (Lipinski definition) is 2. The first kappa shape index (κ1) is 12.6. The van der Waals surface area contributed by atoms with Crippen molar-refractivity contribution < 1.29 is 4.74 Å². The summed E-state index contributed by atoms with van der Waals surface area (Å²) in [5, 5.41) is 0. The van der Waals surface area contributed by atoms with Gasteiger partial charge in [-0.3, -0.25) is 0 Å². The van der Waals surface area contributed by atoms with E-state index in [9.17, 15) is 0 Å². The van der Waals surface area contributed by atoms with Gasteiger partial charge in [0.05, 0.1) is 7.11 Å². The van der Waals surface area contributed by atoms with Crippen LogP contribution >= 0.6 is 12.2 Å². The molecule has 0 atom stereocenters. The summed E-state index contributed by atoms with van der Waals surface area (Å²) in [5.74, 6) is 0.865. The van der Waals surface area contributed by atoms with Crippen molar-refractivity contribution in [3.05, 3.63) is 53.6 Å². The van der Waals surface area contributed by atoms with Crippen molar-refractivity contribution in [3.63, 3.8) is 0 Å². The second kappa shape index (κ2) is 5.19. The third-order valence-corrected chi connectivity index (χ3v) is 3.07. The third-order valence-electron chi connectivity index (χ3n) is 2.84. The van der Waals surface area contributed by atoms with E-state index in [0.29, 0.717) is 4.99 Å². The van der Waals surface area contributed by atoms with Gasteiger partial charge in [-0.1, -0.05) is 48.1 Å². The smallest absolute Gasteiger partial charge is 0.126 e. The Morgan fingerprint density at radius 1 is 1.11 bits per heavy atom. The van der Waals surface area contributed by atoms with Crippen molar-refractivity contribution in [2.24, 2.45) is 5.73 Å². The first-order valence-electron chi connectivity index (χ1n) is 5.66. The fourth-order valence-corrected chi connectivity index (χ4v) is 2.00. The van der Waals surface area contributed by atoms with Crippen molar-refractivity contribution in [1.82, 2.24) is 0 Å². The molecule has 3 heteroatoms. The van der Waals surface area contributed by atoms with E-state index in [-0.39, 0.29) is 0 Å². The largest absolute Gasteiger partial charge is 0.496 e. The summed E-state index contributed by atoms with van der Waals surface area (Å²) in [5.41, 5.74) is 9.83. The van der Waals surface area contributed by atoms with Crippen LogP contribution in [-0.4, -0.2) is 12.1 Å². The maximum Gasteiger partial charge on any atom is 0.126 e. The van der Waals surface area contributed by atoms with E-state index in [0.717, 1.165) is 22.4 Å². The van der Waals surface area contributed by atoms with Crippen LogP contribution < -0.4 is 10.5 Å². The lowest BCUT2D eigenvalue weighted by Gasteiger charge is -2.10. The highest BCUT2D eigenvalue weighted by Gasteiger charge is 2.06. The van der Waals surface area contributed by atoms with Crippen LogP contribution in [0.4, 0.5) is 0 Å². The maximum absolute atomic E-state index is 5.59. The molecule has 0 spiro atoms. The molecule has 2 N–H and O–H groups in total. The van der Waals surface area contributed by atoms with Crippen molar-refractivity contribution in [3.8, 4) is 16.9 Å². The zero-order valence-electron chi connectivity index (χ0n) is 10.4. The summed E-state index contributed by atoms with van der Waals surface area (Å²) in [6.07, 6.45) is 0. The van der Waals surface area contributed by atoms with Gasteiger partial charge < -0.3 is 10.5 Å². The van der Waals surface area contributed by atoms with Crippen LogP contribution in [0.1, 0.15) is 11.1 Å². The molecule has 0 aliphatic rings. The number of ether oxygens (including phenoxy) is 1. The molecule has 0 radical (unpaired) electrons. The number of aryl methyl sites for hydroxylation is 1. The van der Waals surface area contributed by atoms with E-state index >= 15 is 0 Å². The Bertz CT molecular complexity index is 576. The Morgan fingerprint density at radius 3 is 2.33 bits per heavy atom. The van der Waals surface area contributed by atoms with Gasteiger partial charge in [0.15, 0.2) is 0 Å². The topological polar surface area (TPSA) is 35.2 Å². The van der Waals surface area contributed by atoms with Crippen LogP contribution in [0.25, 0.3) is 11.1 Å². The van der Waals surface area contributed by atoms with E-state index in [1.165, 1.54) is 5.56 Å². The first-order chi connectivity index (χ1) is 8.61. The van der Waals surface area contributed by atoms with Gasteiger partial charge in [-0.2, -0.15) is 0 Å². The summed E-state index contributed by atoms with van der Waals surface area (Å²) in [4.78, 5) is 0.415. The fraction of sp³-hybridized carbons (Fsp3) is 0.133. The van der Waals surface area contributed by atoms with Gasteiger partial charge in [-0.05, 0) is 24.6 Å². The lowest BCUT2D eigenvalue weighted by Crippen LogP contribution is -2.08. The number of methoxy groups -OCH3 is 1. The van der Waals surface area contributed by atoms with Crippen LogP contribution in [0.3, 0.4) is 0 Å². The Balaban J connectivity index is 2.48. The highest BCUT2D eigenvalue weighted by Crippen LogP contribution is 2.30. The molecule has 0 aliphatic carbocycles. The van der Waals surface area contributed by atoms with Gasteiger partial charge in [-0.25, -0.2) is 0 Å². The van der Waals surface area contributed by atoms with Crippen LogP contribution in [0.15, 0.2) is 42.5 Å². The minimum absolute atomic E-state index is 0.415. The third kappa shape index (κ3) is 2.51. The Hall–Kier alpha value is -1.87. The molecule has 0 saturated carbocycles. The molecule has 2 rings (SSSR count). The molecule has 0 unspecified atom stereocenters. The van der Waals surface area contributed by atoms with E-state index < -0.39 is 0 Å². The Kier molecular flexibility index (Phi) is 3.63. The minimum atomic E-state index is 0.415. The fourth-order valence-electron chi connectivity index (χ4n) is 1.86. The van der Waals surface area contributed by atoms with Gasteiger partial charge in [-0.15, -0.1) is 0 Å². The van der Waals surface area contributed by atoms with Crippen molar-refractivity contribution in [1.29, 1.82) is 0 Å². The SMILES string of the molecule is COc1ccc(C)cc1-c1ccc(C(N)=S)cc1. The molecule has 2 nitrogen and oxygen atoms in total. The minimum Gasteiger partial charge on any atom is -0.496 e. The van der Waals surface area contributed by atoms with Crippen LogP contribution in [0.5, 0.6) is 5.75 Å². The standard InChI is InChI=1S/C15H15NOS/c1-10-3-8-14(17-2)13(9-10)11-4-6-12(7-5-11)15(16)18/h3-9H,1-2H3,(H2,16,18). The van der Waals surface area contributed by atoms with Gasteiger partial charge >= 0.3 is 0 Å². The zero-order chi connectivity index (χ0) is 13.1. The number of nitrogens with two attached hydrogens (primary N) is 1. The van der Waals surface area contributed by atoms with Gasteiger partial charge in [0, 0.05) is 11.1 Å². The molecule has 0 aliphatic heterocycles. The van der Waals surface area contributed by atoms with E-state index in [4.69, 9.17) is 22.7 Å². The molecular weight excluding hydrogens is 242 g/mol. The molecule has 2 aromatic carbocycles. The van der Waals surface area contributed by atoms with Crippen molar-refractivity contribution in [2.75, 3.05) is 7.11 Å². The van der Waals surface area contributed by atoms with E-state index in [1.54, 1.807) is 7.11 Å². The highest BCUT2D eigenvalue weighted by molar-refractivity contribution is 7.80. The van der Waals surface area contributed by atoms with Gasteiger partial charge in [0.2, 0.25) is 0 Å². The number of hydrogen-bond donors (Lipinski definition) is 1. The van der Waals surface area contributed by atoms with E-state index in [2.05, 4.69) is 13.0 Å². The monoisotopic (exact) mass is 257 g/mol. The molecule has 0 fully saturated rings. The number of thiocarbonyl (C=S) groups is 1. The molecule has 18 heavy (non-hydrogen) atoms. The zero-order valence-corrected chi connectivity index (χ0v) is 11.3. The van der Waals surface area contributed by atoms with Gasteiger partial charge in [0.25, 0.3) is 0 Å². The van der Waals surface area contributed by atoms with Gasteiger partial charge in [0.1, 0.15) is 10.7 Å². The Morgan fingerprint density at radius 2 is 1.78 bits per heavy atom. The predicted octanol–water partition coefficient (Wildman–Crippen LogP) is 3.30. The highest BCUT2D eigenvalue weighted by atomic mass is 32.1. The summed E-state index contributed by atoms with van der Waals surface area (Å²) in [6.45, 7) is 2.06. The molecule has 0 bridgehead atoms. The van der Waals surface area contributed by atoms with Crippen LogP contribution in [-0.2, 0) is 0 Å². The quantitative estimate of drug-likeness (QED) is 0.857. The Labute approximate surface area is 112 Å². The second-order valence-electron chi connectivity index (χ2n) is 4.15. The van der Waals surface area contributed by atoms with Crippen molar-refractivity contribution in [2.45, 2.75) is 6.92 Å². The van der Waals surface area contributed by atoms with Crippen LogP contribution in [0.2, 0.25) is 0 Å². The molecule has 0 amide bonds. The van der Waals surface area contributed by atoms with E-state index in [1.807, 2.05) is 36.4 Å². The second-order valence-corrected chi connectivity index (χ2v) is 4.59. The normalized spacial score (nSPS) is 10.1. The summed E-state index contributed by atoms with van der Waals surface area (Å²) in [7, 11) is 1.68. The maximum atomic E-state index is 5.59. The average molecular weight is 257 g/mol. The predicted molar refractivity (Wildman–Crippen MR) is 79.1 cm³/mol. The lowest BCUT2D eigenvalue weighted by atomic mass is 10.0. The molecule has 0 aromatic heterocycles. The number of benzene rings is 2. The summed E-state index contributed by atoms with van der Waals surface area (Å²) >= 11 is 4.94. The molecule has 2 aromatic rings. The van der Waals surface area contributed by atoms with Crippen molar-refractivity contribution >= 4 is 17.2 Å². The van der Waals surface area contributed by atoms with Crippen LogP contribution in [0, 0.1) is 6.92 Å². The summed E-state index contributed by atoms with van der Waals surface area (Å²) in [6, 6.07) is 14.0. The lowest BCUT2D eigenvalue weighted by molar-refractivity contribution is 0.416. The molecule has 92 valence electrons. The molecule has 0 saturated heterocycles.